The molecule has 0 saturated heterocycles. The number of aliphatic carboxylic acids is 1. The van der Waals surface area contributed by atoms with Crippen LogP contribution >= 0.6 is 0 Å². The van der Waals surface area contributed by atoms with Crippen molar-refractivity contribution in [1.29, 1.82) is 0 Å². The quantitative estimate of drug-likeness (QED) is 0.749. The monoisotopic (exact) mass is 284 g/mol. The van der Waals surface area contributed by atoms with Crippen LogP contribution in [0.3, 0.4) is 0 Å². The third-order valence-electron chi connectivity index (χ3n) is 3.47. The molecule has 112 valence electrons. The minimum Gasteiger partial charge on any atom is -0.481 e. The molecule has 0 fully saturated rings. The molecule has 0 unspecified atom stereocenters. The number of carboxylic acid groups (broad SMARTS) is 1. The molecule has 0 spiro atoms. The zero-order chi connectivity index (χ0) is 15.2. The maximum atomic E-state index is 11.9. The number of carboxylic acids is 1. The molecule has 7 heteroatoms. The number of nitrogens with one attached hydrogen (secondary N) is 1. The summed E-state index contributed by atoms with van der Waals surface area (Å²) in [6.45, 7) is 3.86. The van der Waals surface area contributed by atoms with Crippen molar-refractivity contribution in [2.45, 2.75) is 33.3 Å². The zero-order valence-electron chi connectivity index (χ0n) is 11.9. The molecule has 0 saturated carbocycles. The number of ether oxygens (including phenoxy) is 1. The highest BCUT2D eigenvalue weighted by atomic mass is 16.5. The smallest absolute Gasteiger partial charge is 0.311 e. The highest BCUT2D eigenvalue weighted by molar-refractivity contribution is 5.92. The maximum absolute atomic E-state index is 11.9. The molecule has 0 atom stereocenters. The third kappa shape index (κ3) is 3.57. The Hall–Kier alpha value is -1.89. The molecule has 2 N–H and O–H groups in total. The average molecular weight is 284 g/mol. The lowest BCUT2D eigenvalue weighted by Crippen LogP contribution is -2.42. The molecule has 0 aliphatic rings. The van der Waals surface area contributed by atoms with Gasteiger partial charge in [-0.15, -0.1) is 0 Å². The minimum atomic E-state index is -0.950. The second kappa shape index (κ2) is 7.04. The molecule has 1 aromatic heterocycles. The van der Waals surface area contributed by atoms with Crippen LogP contribution in [0.1, 0.15) is 42.9 Å². The van der Waals surface area contributed by atoms with Gasteiger partial charge in [0.15, 0.2) is 11.5 Å². The number of aromatic nitrogens is 1. The molecule has 0 aliphatic heterocycles. The van der Waals surface area contributed by atoms with Gasteiger partial charge in [-0.05, 0) is 12.8 Å². The van der Waals surface area contributed by atoms with Gasteiger partial charge in [-0.2, -0.15) is 0 Å². The first-order valence-corrected chi connectivity index (χ1v) is 6.45. The van der Waals surface area contributed by atoms with Gasteiger partial charge in [-0.25, -0.2) is 0 Å². The van der Waals surface area contributed by atoms with Crippen LogP contribution in [0.15, 0.2) is 10.6 Å². The van der Waals surface area contributed by atoms with E-state index in [0.717, 1.165) is 0 Å². The standard InChI is InChI=1S/C13H20N2O5/c1-4-13(5-2,12(17)18)8-14-11(16)10-6-9(7-19-3)20-15-10/h6H,4-5,7-8H2,1-3H3,(H,14,16)(H,17,18). The molecule has 20 heavy (non-hydrogen) atoms. The molecule has 0 bridgehead atoms. The lowest BCUT2D eigenvalue weighted by atomic mass is 9.82. The first-order chi connectivity index (χ1) is 9.49. The van der Waals surface area contributed by atoms with E-state index >= 15 is 0 Å². The van der Waals surface area contributed by atoms with E-state index in [9.17, 15) is 14.7 Å². The van der Waals surface area contributed by atoms with Gasteiger partial charge in [0.1, 0.15) is 6.61 Å². The topological polar surface area (TPSA) is 102 Å². The van der Waals surface area contributed by atoms with E-state index in [1.807, 2.05) is 0 Å². The largest absolute Gasteiger partial charge is 0.481 e. The van der Waals surface area contributed by atoms with E-state index in [0.29, 0.717) is 18.6 Å². The van der Waals surface area contributed by atoms with Crippen LogP contribution in [0.2, 0.25) is 0 Å². The van der Waals surface area contributed by atoms with Crippen molar-refractivity contribution in [3.05, 3.63) is 17.5 Å². The van der Waals surface area contributed by atoms with E-state index in [2.05, 4.69) is 10.5 Å². The van der Waals surface area contributed by atoms with E-state index < -0.39 is 17.3 Å². The van der Waals surface area contributed by atoms with Gasteiger partial charge in [0.25, 0.3) is 5.91 Å². The predicted octanol–water partition coefficient (Wildman–Crippen LogP) is 1.44. The second-order valence-corrected chi connectivity index (χ2v) is 4.59. The lowest BCUT2D eigenvalue weighted by molar-refractivity contribution is -0.149. The number of hydrogen-bond donors (Lipinski definition) is 2. The summed E-state index contributed by atoms with van der Waals surface area (Å²) in [6, 6.07) is 1.47. The van der Waals surface area contributed by atoms with Crippen molar-refractivity contribution in [1.82, 2.24) is 10.5 Å². The number of rotatable bonds is 8. The number of amides is 1. The fraction of sp³-hybridized carbons (Fsp3) is 0.615. The van der Waals surface area contributed by atoms with Gasteiger partial charge in [-0.3, -0.25) is 9.59 Å². The SMILES string of the molecule is CCC(CC)(CNC(=O)c1cc(COC)on1)C(=O)O. The van der Waals surface area contributed by atoms with Crippen LogP contribution in [0.4, 0.5) is 0 Å². The molecule has 0 aromatic carbocycles. The number of hydrogen-bond acceptors (Lipinski definition) is 5. The summed E-state index contributed by atoms with van der Waals surface area (Å²) < 4.78 is 9.76. The van der Waals surface area contributed by atoms with Crippen LogP contribution in [-0.4, -0.2) is 35.8 Å². The van der Waals surface area contributed by atoms with Crippen molar-refractivity contribution in [3.63, 3.8) is 0 Å². The average Bonchev–Trinajstić information content (AvgIpc) is 2.89. The van der Waals surface area contributed by atoms with Gasteiger partial charge in [0.05, 0.1) is 5.41 Å². The van der Waals surface area contributed by atoms with Gasteiger partial charge >= 0.3 is 5.97 Å². The fourth-order valence-electron chi connectivity index (χ4n) is 1.85. The van der Waals surface area contributed by atoms with E-state index in [1.54, 1.807) is 13.8 Å². The molecule has 1 rings (SSSR count). The molecule has 0 radical (unpaired) electrons. The van der Waals surface area contributed by atoms with Crippen molar-refractivity contribution in [3.8, 4) is 0 Å². The summed E-state index contributed by atoms with van der Waals surface area (Å²) >= 11 is 0. The third-order valence-corrected chi connectivity index (χ3v) is 3.47. The number of nitrogens with zero attached hydrogens (tertiary/aromatic N) is 1. The highest BCUT2D eigenvalue weighted by Gasteiger charge is 2.35. The normalized spacial score (nSPS) is 11.3. The zero-order valence-corrected chi connectivity index (χ0v) is 11.9. The Labute approximate surface area is 117 Å². The van der Waals surface area contributed by atoms with Gasteiger partial charge in [0, 0.05) is 19.7 Å². The van der Waals surface area contributed by atoms with Crippen molar-refractivity contribution >= 4 is 11.9 Å². The van der Waals surface area contributed by atoms with Crippen LogP contribution in [0.5, 0.6) is 0 Å². The summed E-state index contributed by atoms with van der Waals surface area (Å²) in [7, 11) is 1.51. The first-order valence-electron chi connectivity index (χ1n) is 6.45. The lowest BCUT2D eigenvalue weighted by Gasteiger charge is -2.26. The number of carbonyl (C=O) groups excluding carboxylic acids is 1. The molecule has 1 aromatic rings. The Morgan fingerprint density at radius 3 is 2.60 bits per heavy atom. The first kappa shape index (κ1) is 16.2. The van der Waals surface area contributed by atoms with Crippen LogP contribution in [-0.2, 0) is 16.1 Å². The van der Waals surface area contributed by atoms with Crippen LogP contribution in [0.25, 0.3) is 0 Å². The van der Waals surface area contributed by atoms with Gasteiger partial charge in [-0.1, -0.05) is 19.0 Å². The number of methoxy groups -OCH3 is 1. The summed E-state index contributed by atoms with van der Waals surface area (Å²) in [4.78, 5) is 23.2. The fourth-order valence-corrected chi connectivity index (χ4v) is 1.85. The predicted molar refractivity (Wildman–Crippen MR) is 70.2 cm³/mol. The van der Waals surface area contributed by atoms with Crippen molar-refractivity contribution < 1.29 is 24.0 Å². The Balaban J connectivity index is 2.67. The van der Waals surface area contributed by atoms with Gasteiger partial charge < -0.3 is 19.7 Å². The summed E-state index contributed by atoms with van der Waals surface area (Å²) in [6.07, 6.45) is 0.875. The molecule has 7 nitrogen and oxygen atoms in total. The van der Waals surface area contributed by atoms with Crippen LogP contribution in [0, 0.1) is 5.41 Å². The number of carbonyl (C=O) groups is 2. The summed E-state index contributed by atoms with van der Waals surface area (Å²) in [5, 5.41) is 15.5. The van der Waals surface area contributed by atoms with Gasteiger partial charge in [0.2, 0.25) is 0 Å². The Bertz CT molecular complexity index is 465. The summed E-state index contributed by atoms with van der Waals surface area (Å²) in [5.41, 5.74) is -0.835. The molecular formula is C13H20N2O5. The van der Waals surface area contributed by atoms with Crippen molar-refractivity contribution in [2.24, 2.45) is 5.41 Å². The Morgan fingerprint density at radius 2 is 2.10 bits per heavy atom. The summed E-state index contributed by atoms with van der Waals surface area (Å²) in [5.74, 6) is -0.931. The molecular weight excluding hydrogens is 264 g/mol. The highest BCUT2D eigenvalue weighted by Crippen LogP contribution is 2.25. The molecule has 1 heterocycles. The van der Waals surface area contributed by atoms with E-state index in [1.165, 1.54) is 13.2 Å². The second-order valence-electron chi connectivity index (χ2n) is 4.59. The van der Waals surface area contributed by atoms with Crippen molar-refractivity contribution in [2.75, 3.05) is 13.7 Å². The van der Waals surface area contributed by atoms with Crippen LogP contribution < -0.4 is 5.32 Å². The maximum Gasteiger partial charge on any atom is 0.311 e. The Morgan fingerprint density at radius 1 is 1.45 bits per heavy atom. The molecule has 0 aliphatic carbocycles. The Kier molecular flexibility index (Phi) is 5.69. The van der Waals surface area contributed by atoms with E-state index in [4.69, 9.17) is 9.26 Å². The molecule has 1 amide bonds. The van der Waals surface area contributed by atoms with E-state index in [-0.39, 0.29) is 18.8 Å². The minimum absolute atomic E-state index is 0.0562.